The van der Waals surface area contributed by atoms with E-state index in [0.717, 1.165) is 12.8 Å². The van der Waals surface area contributed by atoms with Gasteiger partial charge >= 0.3 is 0 Å². The van der Waals surface area contributed by atoms with Crippen molar-refractivity contribution in [1.29, 1.82) is 0 Å². The van der Waals surface area contributed by atoms with Gasteiger partial charge in [0.1, 0.15) is 0 Å². The standard InChI is InChI=1S/C62H40/c1-3-15-53(49(13-1)39-19-23-41(24-20-39)51-35-31-47-29-27-43-9-7-11-45-33-37-57(51)61(47)59(43)45)55-17-5-6-18-56(55)54-16-4-2-14-50(54)40-21-25-42(26-22-40)52-36-32-48-30-28-44-10-8-12-46-34-38-58(52)62(48)60(44)46/h1-9,11-29,31-38H,10,30H2. The Balaban J connectivity index is 0.861. The molecule has 0 saturated heterocycles. The average molecular weight is 785 g/mol. The van der Waals surface area contributed by atoms with E-state index in [2.05, 4.69) is 218 Å². The minimum atomic E-state index is 1.01. The van der Waals surface area contributed by atoms with E-state index in [1.807, 2.05) is 0 Å². The third kappa shape index (κ3) is 5.40. The Morgan fingerprint density at radius 2 is 0.742 bits per heavy atom. The third-order valence-electron chi connectivity index (χ3n) is 13.7. The molecule has 11 aromatic rings. The van der Waals surface area contributed by atoms with Gasteiger partial charge in [-0.25, -0.2) is 0 Å². The molecular formula is C62H40. The van der Waals surface area contributed by atoms with Gasteiger partial charge in [-0.3, -0.25) is 0 Å². The molecule has 0 aromatic heterocycles. The highest BCUT2D eigenvalue weighted by atomic mass is 14.3. The van der Waals surface area contributed by atoms with Gasteiger partial charge in [0, 0.05) is 0 Å². The molecule has 288 valence electrons. The summed E-state index contributed by atoms with van der Waals surface area (Å²) in [5.74, 6) is 0. The van der Waals surface area contributed by atoms with Crippen molar-refractivity contribution in [2.24, 2.45) is 0 Å². The van der Waals surface area contributed by atoms with Gasteiger partial charge in [0.05, 0.1) is 0 Å². The van der Waals surface area contributed by atoms with E-state index in [0.29, 0.717) is 0 Å². The van der Waals surface area contributed by atoms with Gasteiger partial charge in [-0.2, -0.15) is 0 Å². The molecule has 0 spiro atoms. The van der Waals surface area contributed by atoms with Crippen molar-refractivity contribution < 1.29 is 0 Å². The van der Waals surface area contributed by atoms with Gasteiger partial charge in [-0.1, -0.05) is 218 Å². The first-order valence-corrected chi connectivity index (χ1v) is 21.9. The van der Waals surface area contributed by atoms with Gasteiger partial charge in [-0.15, -0.1) is 0 Å². The minimum Gasteiger partial charge on any atom is -0.0795 e. The molecule has 0 atom stereocenters. The second kappa shape index (κ2) is 13.9. The Kier molecular flexibility index (Phi) is 7.84. The Morgan fingerprint density at radius 1 is 0.290 bits per heavy atom. The first-order valence-electron chi connectivity index (χ1n) is 21.9. The highest BCUT2D eigenvalue weighted by Gasteiger charge is 2.22. The predicted molar refractivity (Wildman–Crippen MR) is 266 cm³/mol. The normalized spacial score (nSPS) is 13.1. The van der Waals surface area contributed by atoms with E-state index in [-0.39, 0.29) is 0 Å². The van der Waals surface area contributed by atoms with Crippen molar-refractivity contribution in [1.82, 2.24) is 0 Å². The van der Waals surface area contributed by atoms with Crippen LogP contribution in [0.25, 0.3) is 122 Å². The summed E-state index contributed by atoms with van der Waals surface area (Å²) in [6.45, 7) is 0. The molecule has 0 amide bonds. The van der Waals surface area contributed by atoms with Crippen molar-refractivity contribution in [2.75, 3.05) is 0 Å². The summed E-state index contributed by atoms with van der Waals surface area (Å²) in [4.78, 5) is 0. The van der Waals surface area contributed by atoms with Crippen LogP contribution in [0.1, 0.15) is 23.1 Å². The molecule has 2 aliphatic carbocycles. The molecule has 0 bridgehead atoms. The Hall–Kier alpha value is -7.80. The van der Waals surface area contributed by atoms with Crippen LogP contribution in [0.2, 0.25) is 0 Å². The minimum absolute atomic E-state index is 1.01. The Labute approximate surface area is 361 Å². The lowest BCUT2D eigenvalue weighted by Crippen LogP contribution is -2.03. The fourth-order valence-corrected chi connectivity index (χ4v) is 10.8. The smallest absolute Gasteiger partial charge is 0.00206 e. The molecule has 0 aliphatic heterocycles. The summed E-state index contributed by atoms with van der Waals surface area (Å²) < 4.78 is 0. The molecule has 0 unspecified atom stereocenters. The summed E-state index contributed by atoms with van der Waals surface area (Å²) in [6, 6.07) is 74.8. The number of allylic oxidation sites excluding steroid dienone is 3. The molecule has 0 heterocycles. The molecule has 0 heteroatoms. The quantitative estimate of drug-likeness (QED) is 0.147. The maximum atomic E-state index is 2.43. The van der Waals surface area contributed by atoms with Crippen LogP contribution in [-0.2, 0) is 6.42 Å². The zero-order chi connectivity index (χ0) is 40.7. The number of benzene rings is 11. The molecule has 0 saturated carbocycles. The van der Waals surface area contributed by atoms with E-state index in [9.17, 15) is 0 Å². The highest BCUT2D eigenvalue weighted by Crippen LogP contribution is 2.46. The van der Waals surface area contributed by atoms with E-state index in [1.54, 1.807) is 0 Å². The largest absolute Gasteiger partial charge is 0.0795 e. The molecule has 62 heavy (non-hydrogen) atoms. The topological polar surface area (TPSA) is 0 Å². The third-order valence-corrected chi connectivity index (χ3v) is 13.7. The maximum absolute atomic E-state index is 2.43. The van der Waals surface area contributed by atoms with Crippen LogP contribution >= 0.6 is 0 Å². The van der Waals surface area contributed by atoms with Crippen LogP contribution < -0.4 is 0 Å². The first kappa shape index (κ1) is 35.0. The van der Waals surface area contributed by atoms with Crippen molar-refractivity contribution in [3.8, 4) is 66.8 Å². The van der Waals surface area contributed by atoms with Crippen molar-refractivity contribution >= 4 is 54.7 Å². The van der Waals surface area contributed by atoms with E-state index in [4.69, 9.17) is 0 Å². The SMILES string of the molecule is C1=Cc2ccc3c(-c4ccc(-c5ccccc5-c5ccccc5-c5ccccc5-c5ccc(-c6ccc7ccc8cccc9ccc6c7c89)cc5)cc4)ccc4c3c2C(=CC4)C1. The average Bonchev–Trinajstić information content (AvgIpc) is 3.35. The van der Waals surface area contributed by atoms with Crippen LogP contribution in [0, 0.1) is 0 Å². The van der Waals surface area contributed by atoms with E-state index >= 15 is 0 Å². The summed E-state index contributed by atoms with van der Waals surface area (Å²) in [5.41, 5.74) is 20.5. The van der Waals surface area contributed by atoms with Crippen molar-refractivity contribution in [2.45, 2.75) is 12.8 Å². The number of rotatable bonds is 6. The van der Waals surface area contributed by atoms with Gasteiger partial charge in [0.25, 0.3) is 0 Å². The van der Waals surface area contributed by atoms with Crippen LogP contribution in [0.3, 0.4) is 0 Å². The molecule has 0 N–H and O–H groups in total. The predicted octanol–water partition coefficient (Wildman–Crippen LogP) is 17.1. The summed E-state index contributed by atoms with van der Waals surface area (Å²) in [5, 5.41) is 10.7. The zero-order valence-corrected chi connectivity index (χ0v) is 34.2. The lowest BCUT2D eigenvalue weighted by Gasteiger charge is -2.24. The summed E-state index contributed by atoms with van der Waals surface area (Å²) >= 11 is 0. The van der Waals surface area contributed by atoms with E-state index in [1.165, 1.54) is 132 Å². The number of hydrogen-bond donors (Lipinski definition) is 0. The van der Waals surface area contributed by atoms with Gasteiger partial charge in [0.15, 0.2) is 0 Å². The van der Waals surface area contributed by atoms with Crippen molar-refractivity contribution in [3.63, 3.8) is 0 Å². The molecule has 0 fully saturated rings. The maximum Gasteiger partial charge on any atom is -0.00206 e. The van der Waals surface area contributed by atoms with Gasteiger partial charge < -0.3 is 0 Å². The molecule has 0 radical (unpaired) electrons. The van der Waals surface area contributed by atoms with Crippen LogP contribution in [0.5, 0.6) is 0 Å². The fourth-order valence-electron chi connectivity index (χ4n) is 10.8. The van der Waals surface area contributed by atoms with Gasteiger partial charge in [-0.05, 0) is 145 Å². The first-order chi connectivity index (χ1) is 30.7. The zero-order valence-electron chi connectivity index (χ0n) is 34.2. The number of hydrogen-bond acceptors (Lipinski definition) is 0. The van der Waals surface area contributed by atoms with E-state index < -0.39 is 0 Å². The molecular weight excluding hydrogens is 745 g/mol. The van der Waals surface area contributed by atoms with Crippen LogP contribution in [0.15, 0.2) is 212 Å². The summed E-state index contributed by atoms with van der Waals surface area (Å²) in [6.07, 6.45) is 9.06. The fraction of sp³-hybridized carbons (Fsp3) is 0.0323. The lowest BCUT2D eigenvalue weighted by atomic mass is 9.80. The summed E-state index contributed by atoms with van der Waals surface area (Å²) in [7, 11) is 0. The Morgan fingerprint density at radius 3 is 1.34 bits per heavy atom. The molecule has 2 aliphatic rings. The van der Waals surface area contributed by atoms with Crippen LogP contribution in [0.4, 0.5) is 0 Å². The molecule has 11 aromatic carbocycles. The second-order valence-electron chi connectivity index (χ2n) is 17.0. The van der Waals surface area contributed by atoms with Crippen molar-refractivity contribution in [3.05, 3.63) is 229 Å². The monoisotopic (exact) mass is 784 g/mol. The van der Waals surface area contributed by atoms with Gasteiger partial charge in [0.2, 0.25) is 0 Å². The highest BCUT2D eigenvalue weighted by molar-refractivity contribution is 6.25. The lowest BCUT2D eigenvalue weighted by molar-refractivity contribution is 1.23. The Bertz CT molecular complexity index is 3640. The van der Waals surface area contributed by atoms with Crippen LogP contribution in [-0.4, -0.2) is 0 Å². The molecule has 0 nitrogen and oxygen atoms in total. The second-order valence-corrected chi connectivity index (χ2v) is 17.0. The molecule has 13 rings (SSSR count).